The second kappa shape index (κ2) is 17.9. The molecular formula is C27H41N9O8. The number of carbonyl (C=O) groups excluding carboxylic acids is 5. The lowest BCUT2D eigenvalue weighted by molar-refractivity contribution is -0.142. The molecule has 1 heterocycles. The van der Waals surface area contributed by atoms with Crippen molar-refractivity contribution in [2.45, 2.75) is 69.1 Å². The van der Waals surface area contributed by atoms with Crippen molar-refractivity contribution in [3.63, 3.8) is 0 Å². The van der Waals surface area contributed by atoms with E-state index in [0.29, 0.717) is 18.5 Å². The third-order valence-electron chi connectivity index (χ3n) is 6.74. The van der Waals surface area contributed by atoms with E-state index in [1.165, 1.54) is 24.3 Å². The zero-order valence-corrected chi connectivity index (χ0v) is 24.2. The van der Waals surface area contributed by atoms with Gasteiger partial charge in [0.1, 0.15) is 23.9 Å². The normalized spacial score (nSPS) is 16.0. The molecule has 13 N–H and O–H groups in total. The number of carboxylic acid groups (broad SMARTS) is 1. The van der Waals surface area contributed by atoms with Crippen LogP contribution in [0, 0.1) is 5.41 Å². The molecule has 44 heavy (non-hydrogen) atoms. The Labute approximate surface area is 253 Å². The van der Waals surface area contributed by atoms with Crippen molar-refractivity contribution in [1.82, 2.24) is 31.9 Å². The lowest BCUT2D eigenvalue weighted by atomic mass is 10.0. The van der Waals surface area contributed by atoms with Crippen LogP contribution in [0.2, 0.25) is 0 Å². The minimum atomic E-state index is -1.36. The first-order valence-electron chi connectivity index (χ1n) is 14.1. The smallest absolute Gasteiger partial charge is 0.326 e. The van der Waals surface area contributed by atoms with Crippen LogP contribution in [-0.2, 0) is 35.2 Å². The van der Waals surface area contributed by atoms with Crippen molar-refractivity contribution in [3.05, 3.63) is 29.8 Å². The van der Waals surface area contributed by atoms with E-state index in [-0.39, 0.29) is 50.4 Å². The van der Waals surface area contributed by atoms with Crippen LogP contribution in [0.3, 0.4) is 0 Å². The van der Waals surface area contributed by atoms with E-state index in [4.69, 9.17) is 16.9 Å². The number of phenolic OH excluding ortho intramolecular Hbond substituents is 1. The maximum absolute atomic E-state index is 13.1. The Morgan fingerprint density at radius 3 is 2.20 bits per heavy atom. The Kier molecular flexibility index (Phi) is 14.3. The fourth-order valence-electron chi connectivity index (χ4n) is 4.41. The van der Waals surface area contributed by atoms with Crippen LogP contribution in [0.5, 0.6) is 5.75 Å². The van der Waals surface area contributed by atoms with Crippen molar-refractivity contribution in [1.29, 1.82) is 5.41 Å². The number of guanidine groups is 1. The highest BCUT2D eigenvalue weighted by molar-refractivity contribution is 5.94. The van der Waals surface area contributed by atoms with E-state index < -0.39 is 66.2 Å². The SMILES string of the molecule is N=C(N)NCCCC(NC(=O)CNC(=O)C(CCC(N)=O)NC(=O)C1CCCN1)C(=O)NC(Cc1ccc(O)cc1)C(=O)O. The summed E-state index contributed by atoms with van der Waals surface area (Å²) in [6, 6.07) is 1.59. The average Bonchev–Trinajstić information content (AvgIpc) is 3.51. The number of amides is 5. The topological polar surface area (TPSA) is 291 Å². The molecule has 0 aliphatic carbocycles. The van der Waals surface area contributed by atoms with Crippen molar-refractivity contribution in [2.24, 2.45) is 11.5 Å². The van der Waals surface area contributed by atoms with Gasteiger partial charge < -0.3 is 53.6 Å². The summed E-state index contributed by atoms with van der Waals surface area (Å²) >= 11 is 0. The average molecular weight is 620 g/mol. The van der Waals surface area contributed by atoms with Crippen LogP contribution in [0.1, 0.15) is 44.1 Å². The molecule has 1 aromatic rings. The van der Waals surface area contributed by atoms with Crippen molar-refractivity contribution in [3.8, 4) is 5.75 Å². The van der Waals surface area contributed by atoms with Gasteiger partial charge in [0.25, 0.3) is 0 Å². The van der Waals surface area contributed by atoms with Gasteiger partial charge >= 0.3 is 5.97 Å². The predicted molar refractivity (Wildman–Crippen MR) is 157 cm³/mol. The molecule has 5 amide bonds. The zero-order chi connectivity index (χ0) is 32.6. The lowest BCUT2D eigenvalue weighted by Crippen LogP contribution is -2.55. The molecule has 1 aliphatic heterocycles. The number of nitrogens with one attached hydrogen (secondary N) is 7. The van der Waals surface area contributed by atoms with Crippen LogP contribution in [0.25, 0.3) is 0 Å². The molecule has 1 fully saturated rings. The molecule has 1 saturated heterocycles. The quantitative estimate of drug-likeness (QED) is 0.0443. The number of rotatable bonds is 18. The number of benzene rings is 1. The van der Waals surface area contributed by atoms with Gasteiger partial charge in [-0.25, -0.2) is 4.79 Å². The summed E-state index contributed by atoms with van der Waals surface area (Å²) in [4.78, 5) is 74.4. The Balaban J connectivity index is 2.03. The summed E-state index contributed by atoms with van der Waals surface area (Å²) in [5, 5.41) is 41.8. The van der Waals surface area contributed by atoms with Gasteiger partial charge in [-0.1, -0.05) is 12.1 Å². The lowest BCUT2D eigenvalue weighted by Gasteiger charge is -2.23. The largest absolute Gasteiger partial charge is 0.508 e. The van der Waals surface area contributed by atoms with Crippen LogP contribution < -0.4 is 43.4 Å². The first-order chi connectivity index (χ1) is 20.8. The minimum Gasteiger partial charge on any atom is -0.508 e. The van der Waals surface area contributed by atoms with Crippen LogP contribution in [0.15, 0.2) is 24.3 Å². The van der Waals surface area contributed by atoms with Crippen LogP contribution in [0.4, 0.5) is 0 Å². The van der Waals surface area contributed by atoms with E-state index in [2.05, 4.69) is 31.9 Å². The van der Waals surface area contributed by atoms with Gasteiger partial charge in [0.2, 0.25) is 29.5 Å². The van der Waals surface area contributed by atoms with Gasteiger partial charge in [-0.3, -0.25) is 29.4 Å². The molecule has 4 unspecified atom stereocenters. The summed E-state index contributed by atoms with van der Waals surface area (Å²) in [5.74, 6) is -5.03. The molecule has 4 atom stereocenters. The van der Waals surface area contributed by atoms with Gasteiger partial charge in [0.05, 0.1) is 12.6 Å². The predicted octanol–water partition coefficient (Wildman–Crippen LogP) is -3.13. The molecule has 1 aliphatic rings. The molecule has 17 heteroatoms. The van der Waals surface area contributed by atoms with Gasteiger partial charge in [-0.05, 0) is 56.3 Å². The van der Waals surface area contributed by atoms with E-state index >= 15 is 0 Å². The van der Waals surface area contributed by atoms with Crippen molar-refractivity contribution < 1.29 is 39.0 Å². The van der Waals surface area contributed by atoms with Gasteiger partial charge in [-0.2, -0.15) is 0 Å². The number of primary amides is 1. The molecule has 0 spiro atoms. The fourth-order valence-corrected chi connectivity index (χ4v) is 4.41. The Morgan fingerprint density at radius 1 is 0.932 bits per heavy atom. The number of nitrogens with two attached hydrogens (primary N) is 2. The number of hydrogen-bond acceptors (Lipinski definition) is 9. The number of aromatic hydroxyl groups is 1. The number of hydrogen-bond donors (Lipinski definition) is 11. The summed E-state index contributed by atoms with van der Waals surface area (Å²) in [6.45, 7) is 0.257. The van der Waals surface area contributed by atoms with E-state index in [0.717, 1.165) is 6.42 Å². The van der Waals surface area contributed by atoms with Gasteiger partial charge in [0, 0.05) is 19.4 Å². The van der Waals surface area contributed by atoms with E-state index in [1.807, 2.05) is 0 Å². The molecule has 2 rings (SSSR count). The monoisotopic (exact) mass is 619 g/mol. The van der Waals surface area contributed by atoms with Crippen LogP contribution in [-0.4, -0.2) is 95.5 Å². The van der Waals surface area contributed by atoms with Gasteiger partial charge in [-0.15, -0.1) is 0 Å². The number of carboxylic acids is 1. The summed E-state index contributed by atoms with van der Waals surface area (Å²) in [7, 11) is 0. The van der Waals surface area contributed by atoms with Crippen molar-refractivity contribution >= 4 is 41.5 Å². The summed E-state index contributed by atoms with van der Waals surface area (Å²) in [5.41, 5.74) is 11.0. The Bertz CT molecular complexity index is 1190. The number of aliphatic carboxylic acids is 1. The van der Waals surface area contributed by atoms with Crippen molar-refractivity contribution in [2.75, 3.05) is 19.6 Å². The second-order valence-electron chi connectivity index (χ2n) is 10.3. The number of phenols is 1. The molecular weight excluding hydrogens is 578 g/mol. The molecule has 1 aromatic carbocycles. The molecule has 0 bridgehead atoms. The Morgan fingerprint density at radius 2 is 1.61 bits per heavy atom. The highest BCUT2D eigenvalue weighted by atomic mass is 16.4. The Hall–Kier alpha value is -4.93. The third kappa shape index (κ3) is 12.9. The fraction of sp³-hybridized carbons (Fsp3) is 0.519. The first kappa shape index (κ1) is 35.3. The van der Waals surface area contributed by atoms with E-state index in [1.54, 1.807) is 0 Å². The first-order valence-corrected chi connectivity index (χ1v) is 14.1. The minimum absolute atomic E-state index is 0.00825. The highest BCUT2D eigenvalue weighted by Gasteiger charge is 2.29. The van der Waals surface area contributed by atoms with Gasteiger partial charge in [0.15, 0.2) is 5.96 Å². The summed E-state index contributed by atoms with van der Waals surface area (Å²) < 4.78 is 0. The molecule has 242 valence electrons. The third-order valence-corrected chi connectivity index (χ3v) is 6.74. The number of carbonyl (C=O) groups is 6. The zero-order valence-electron chi connectivity index (χ0n) is 24.2. The molecule has 17 nitrogen and oxygen atoms in total. The second-order valence-corrected chi connectivity index (χ2v) is 10.3. The standard InChI is InChI=1S/C27H41N9O8/c28-21(38)10-9-19(35-24(41)17-3-1-11-31-17)23(40)33-14-22(39)34-18(4-2-12-32-27(29)30)25(42)36-20(26(43)44)13-15-5-7-16(37)8-6-15/h5-8,17-20,31,37H,1-4,9-14H2,(H2,28,38)(H,33,40)(H,34,39)(H,35,41)(H,36,42)(H,43,44)(H4,29,30,32). The van der Waals surface area contributed by atoms with E-state index in [9.17, 15) is 39.0 Å². The summed E-state index contributed by atoms with van der Waals surface area (Å²) in [6.07, 6.45) is 1.29. The molecule has 0 saturated carbocycles. The molecule has 0 radical (unpaired) electrons. The molecule has 0 aromatic heterocycles. The maximum Gasteiger partial charge on any atom is 0.326 e. The highest BCUT2D eigenvalue weighted by Crippen LogP contribution is 2.12. The van der Waals surface area contributed by atoms with Crippen LogP contribution >= 0.6 is 0 Å². The maximum atomic E-state index is 13.1.